The SMILES string of the molecule is Clc1ccccc1Oc1cnnn1Cc1ccccc1. The molecule has 0 aliphatic heterocycles. The highest BCUT2D eigenvalue weighted by Crippen LogP contribution is 2.28. The molecular formula is C15H12ClN3O. The zero-order valence-corrected chi connectivity index (χ0v) is 11.4. The van der Waals surface area contributed by atoms with Crippen LogP contribution in [0.15, 0.2) is 60.8 Å². The van der Waals surface area contributed by atoms with E-state index >= 15 is 0 Å². The molecule has 0 saturated heterocycles. The van der Waals surface area contributed by atoms with Crippen molar-refractivity contribution < 1.29 is 4.74 Å². The van der Waals surface area contributed by atoms with Gasteiger partial charge in [0.05, 0.1) is 11.6 Å². The van der Waals surface area contributed by atoms with Crippen molar-refractivity contribution in [2.45, 2.75) is 6.54 Å². The van der Waals surface area contributed by atoms with Crippen LogP contribution in [0.3, 0.4) is 0 Å². The summed E-state index contributed by atoms with van der Waals surface area (Å²) in [6.07, 6.45) is 1.58. The Bertz CT molecular complexity index is 697. The zero-order valence-electron chi connectivity index (χ0n) is 10.6. The van der Waals surface area contributed by atoms with Crippen molar-refractivity contribution in [1.29, 1.82) is 0 Å². The van der Waals surface area contributed by atoms with Gasteiger partial charge in [0.15, 0.2) is 0 Å². The molecule has 3 aromatic rings. The Morgan fingerprint density at radius 3 is 2.55 bits per heavy atom. The summed E-state index contributed by atoms with van der Waals surface area (Å²) in [7, 11) is 0. The highest BCUT2D eigenvalue weighted by molar-refractivity contribution is 6.32. The van der Waals surface area contributed by atoms with Gasteiger partial charge in [-0.3, -0.25) is 0 Å². The summed E-state index contributed by atoms with van der Waals surface area (Å²) in [6.45, 7) is 0.598. The normalized spacial score (nSPS) is 10.4. The summed E-state index contributed by atoms with van der Waals surface area (Å²) in [5.74, 6) is 1.15. The molecule has 0 aliphatic rings. The van der Waals surface area contributed by atoms with Crippen LogP contribution < -0.4 is 4.74 Å². The van der Waals surface area contributed by atoms with Crippen LogP contribution in [0.1, 0.15) is 5.56 Å². The van der Waals surface area contributed by atoms with Gasteiger partial charge in [0.25, 0.3) is 0 Å². The number of rotatable bonds is 4. The molecule has 4 nitrogen and oxygen atoms in total. The van der Waals surface area contributed by atoms with E-state index in [1.54, 1.807) is 16.9 Å². The number of halogens is 1. The van der Waals surface area contributed by atoms with Crippen LogP contribution in [0.25, 0.3) is 0 Å². The second-order valence-electron chi connectivity index (χ2n) is 4.25. The predicted octanol–water partition coefficient (Wildman–Crippen LogP) is 3.77. The lowest BCUT2D eigenvalue weighted by Gasteiger charge is -2.08. The van der Waals surface area contributed by atoms with Gasteiger partial charge in [-0.05, 0) is 17.7 Å². The fourth-order valence-corrected chi connectivity index (χ4v) is 2.01. The average Bonchev–Trinajstić information content (AvgIpc) is 2.90. The first-order valence-electron chi connectivity index (χ1n) is 6.18. The van der Waals surface area contributed by atoms with E-state index in [-0.39, 0.29) is 0 Å². The average molecular weight is 286 g/mol. The maximum absolute atomic E-state index is 6.08. The molecule has 0 atom stereocenters. The van der Waals surface area contributed by atoms with E-state index in [0.717, 1.165) is 5.56 Å². The van der Waals surface area contributed by atoms with E-state index in [2.05, 4.69) is 10.3 Å². The second kappa shape index (κ2) is 5.75. The Hall–Kier alpha value is -2.33. The standard InChI is InChI=1S/C15H12ClN3O/c16-13-8-4-5-9-14(13)20-15-10-17-18-19(15)11-12-6-2-1-3-7-12/h1-10H,11H2. The van der Waals surface area contributed by atoms with Crippen molar-refractivity contribution in [2.75, 3.05) is 0 Å². The highest BCUT2D eigenvalue weighted by atomic mass is 35.5. The minimum absolute atomic E-state index is 0.556. The first-order valence-corrected chi connectivity index (χ1v) is 6.55. The summed E-state index contributed by atoms with van der Waals surface area (Å²) in [4.78, 5) is 0. The summed E-state index contributed by atoms with van der Waals surface area (Å²) in [5, 5.41) is 8.48. The van der Waals surface area contributed by atoms with Crippen molar-refractivity contribution in [1.82, 2.24) is 15.0 Å². The Kier molecular flexibility index (Phi) is 3.65. The number of para-hydroxylation sites is 1. The van der Waals surface area contributed by atoms with Crippen LogP contribution in [-0.4, -0.2) is 15.0 Å². The van der Waals surface area contributed by atoms with E-state index in [4.69, 9.17) is 16.3 Å². The minimum atomic E-state index is 0.556. The van der Waals surface area contributed by atoms with Gasteiger partial charge in [0.2, 0.25) is 5.88 Å². The molecule has 1 aromatic heterocycles. The minimum Gasteiger partial charge on any atom is -0.436 e. The van der Waals surface area contributed by atoms with Gasteiger partial charge in [-0.25, -0.2) is 4.68 Å². The second-order valence-corrected chi connectivity index (χ2v) is 4.66. The molecule has 20 heavy (non-hydrogen) atoms. The lowest BCUT2D eigenvalue weighted by molar-refractivity contribution is 0.420. The van der Waals surface area contributed by atoms with Gasteiger partial charge < -0.3 is 4.74 Å². The Morgan fingerprint density at radius 2 is 1.75 bits per heavy atom. The van der Waals surface area contributed by atoms with E-state index in [1.807, 2.05) is 48.5 Å². The van der Waals surface area contributed by atoms with Crippen LogP contribution in [-0.2, 0) is 6.54 Å². The maximum atomic E-state index is 6.08. The van der Waals surface area contributed by atoms with Crippen molar-refractivity contribution in [2.24, 2.45) is 0 Å². The summed E-state index contributed by atoms with van der Waals surface area (Å²) >= 11 is 6.08. The smallest absolute Gasteiger partial charge is 0.238 e. The number of hydrogen-bond donors (Lipinski definition) is 0. The van der Waals surface area contributed by atoms with Crippen LogP contribution in [0, 0.1) is 0 Å². The molecule has 0 radical (unpaired) electrons. The number of ether oxygens (including phenoxy) is 1. The van der Waals surface area contributed by atoms with Gasteiger partial charge >= 0.3 is 0 Å². The molecule has 0 bridgehead atoms. The molecule has 0 saturated carbocycles. The third-order valence-corrected chi connectivity index (χ3v) is 3.12. The van der Waals surface area contributed by atoms with E-state index < -0.39 is 0 Å². The molecule has 3 rings (SSSR count). The molecule has 0 spiro atoms. The number of nitrogens with zero attached hydrogens (tertiary/aromatic N) is 3. The van der Waals surface area contributed by atoms with Gasteiger partial charge in [0.1, 0.15) is 11.9 Å². The molecule has 0 amide bonds. The third-order valence-electron chi connectivity index (χ3n) is 2.81. The molecule has 100 valence electrons. The van der Waals surface area contributed by atoms with Crippen LogP contribution in [0.5, 0.6) is 11.6 Å². The third kappa shape index (κ3) is 2.81. The van der Waals surface area contributed by atoms with Crippen LogP contribution in [0.2, 0.25) is 5.02 Å². The van der Waals surface area contributed by atoms with Gasteiger partial charge in [-0.1, -0.05) is 59.3 Å². The fourth-order valence-electron chi connectivity index (χ4n) is 1.83. The molecule has 2 aromatic carbocycles. The number of aromatic nitrogens is 3. The lowest BCUT2D eigenvalue weighted by atomic mass is 10.2. The predicted molar refractivity (Wildman–Crippen MR) is 77.1 cm³/mol. The molecule has 0 unspecified atom stereocenters. The largest absolute Gasteiger partial charge is 0.436 e. The Labute approximate surface area is 121 Å². The topological polar surface area (TPSA) is 39.9 Å². The molecule has 0 aliphatic carbocycles. The van der Waals surface area contributed by atoms with Crippen molar-refractivity contribution in [3.63, 3.8) is 0 Å². The quantitative estimate of drug-likeness (QED) is 0.732. The summed E-state index contributed by atoms with van der Waals surface area (Å²) in [5.41, 5.74) is 1.13. The first kappa shape index (κ1) is 12.7. The van der Waals surface area contributed by atoms with Gasteiger partial charge in [-0.2, -0.15) is 0 Å². The van der Waals surface area contributed by atoms with Gasteiger partial charge in [0, 0.05) is 0 Å². The Morgan fingerprint density at radius 1 is 1.00 bits per heavy atom. The van der Waals surface area contributed by atoms with E-state index in [1.165, 1.54) is 0 Å². The summed E-state index contributed by atoms with van der Waals surface area (Å²) < 4.78 is 7.45. The fraction of sp³-hybridized carbons (Fsp3) is 0.0667. The Balaban J connectivity index is 1.82. The first-order chi connectivity index (χ1) is 9.83. The monoisotopic (exact) mass is 285 g/mol. The van der Waals surface area contributed by atoms with E-state index in [9.17, 15) is 0 Å². The van der Waals surface area contributed by atoms with Crippen LogP contribution >= 0.6 is 11.6 Å². The van der Waals surface area contributed by atoms with Crippen molar-refractivity contribution in [3.8, 4) is 11.6 Å². The molecular weight excluding hydrogens is 274 g/mol. The van der Waals surface area contributed by atoms with Crippen molar-refractivity contribution >= 4 is 11.6 Å². The van der Waals surface area contributed by atoms with E-state index in [0.29, 0.717) is 23.2 Å². The molecule has 1 heterocycles. The number of hydrogen-bond acceptors (Lipinski definition) is 3. The highest BCUT2D eigenvalue weighted by Gasteiger charge is 2.09. The molecule has 5 heteroatoms. The van der Waals surface area contributed by atoms with Crippen molar-refractivity contribution in [3.05, 3.63) is 71.4 Å². The summed E-state index contributed by atoms with van der Waals surface area (Å²) in [6, 6.07) is 17.3. The maximum Gasteiger partial charge on any atom is 0.238 e. The lowest BCUT2D eigenvalue weighted by Crippen LogP contribution is -2.04. The number of benzene rings is 2. The molecule has 0 fully saturated rings. The molecule has 0 N–H and O–H groups in total. The van der Waals surface area contributed by atoms with Gasteiger partial charge in [-0.15, -0.1) is 5.10 Å². The van der Waals surface area contributed by atoms with Crippen LogP contribution in [0.4, 0.5) is 0 Å². The zero-order chi connectivity index (χ0) is 13.8.